The number of hydrogen-bond donors (Lipinski definition) is 3. The molecule has 0 saturated heterocycles. The summed E-state index contributed by atoms with van der Waals surface area (Å²) in [5, 5.41) is 9.21. The van der Waals surface area contributed by atoms with Crippen molar-refractivity contribution < 1.29 is 4.79 Å². The summed E-state index contributed by atoms with van der Waals surface area (Å²) in [5.74, 6) is 0.604. The zero-order valence-corrected chi connectivity index (χ0v) is 11.1. The normalized spacial score (nSPS) is 14.9. The van der Waals surface area contributed by atoms with Gasteiger partial charge in [0.05, 0.1) is 0 Å². The highest BCUT2D eigenvalue weighted by Crippen LogP contribution is 2.18. The number of hydrogen-bond acceptors (Lipinski definition) is 2. The Balaban J connectivity index is 1.82. The third-order valence-corrected chi connectivity index (χ3v) is 2.70. The number of nitrogens with one attached hydrogen (secondary N) is 3. The summed E-state index contributed by atoms with van der Waals surface area (Å²) in [6, 6.07) is 9.92. The van der Waals surface area contributed by atoms with Crippen molar-refractivity contribution in [3.8, 4) is 0 Å². The Labute approximate surface area is 113 Å². The predicted octanol–water partition coefficient (Wildman–Crippen LogP) is 1.34. The number of benzene rings is 1. The third kappa shape index (κ3) is 4.99. The molecule has 1 aliphatic rings. The maximum absolute atomic E-state index is 11.7. The molecule has 1 saturated carbocycles. The summed E-state index contributed by atoms with van der Waals surface area (Å²) in [6.07, 6.45) is 2.36. The number of rotatable bonds is 5. The number of anilines is 1. The highest BCUT2D eigenvalue weighted by atomic mass is 16.1. The van der Waals surface area contributed by atoms with Gasteiger partial charge in [-0.3, -0.25) is 4.79 Å². The van der Waals surface area contributed by atoms with Crippen molar-refractivity contribution in [2.75, 3.05) is 18.4 Å². The highest BCUT2D eigenvalue weighted by molar-refractivity contribution is 5.94. The van der Waals surface area contributed by atoms with Gasteiger partial charge in [0, 0.05) is 18.3 Å². The molecule has 2 rings (SSSR count). The molecule has 3 N–H and O–H groups in total. The summed E-state index contributed by atoms with van der Waals surface area (Å²) in [6.45, 7) is 2.92. The molecular weight excluding hydrogens is 240 g/mol. The van der Waals surface area contributed by atoms with E-state index in [1.807, 2.05) is 37.3 Å². The van der Waals surface area contributed by atoms with E-state index in [0.29, 0.717) is 12.0 Å². The maximum atomic E-state index is 11.7. The average Bonchev–Trinajstić information content (AvgIpc) is 3.21. The summed E-state index contributed by atoms with van der Waals surface area (Å²) >= 11 is 0. The lowest BCUT2D eigenvalue weighted by atomic mass is 10.3. The van der Waals surface area contributed by atoms with Crippen molar-refractivity contribution in [3.05, 3.63) is 30.3 Å². The summed E-state index contributed by atoms with van der Waals surface area (Å²) in [7, 11) is 0. The van der Waals surface area contributed by atoms with E-state index in [2.05, 4.69) is 20.9 Å². The summed E-state index contributed by atoms with van der Waals surface area (Å²) < 4.78 is 0. The molecule has 0 unspecified atom stereocenters. The topological polar surface area (TPSA) is 65.5 Å². The van der Waals surface area contributed by atoms with Gasteiger partial charge in [-0.2, -0.15) is 0 Å². The largest absolute Gasteiger partial charge is 0.357 e. The third-order valence-electron chi connectivity index (χ3n) is 2.70. The average molecular weight is 260 g/mol. The number of carbonyl (C=O) groups excluding carboxylic acids is 1. The van der Waals surface area contributed by atoms with Gasteiger partial charge in [0.25, 0.3) is 0 Å². The van der Waals surface area contributed by atoms with Gasteiger partial charge in [0.15, 0.2) is 5.96 Å². The fourth-order valence-corrected chi connectivity index (χ4v) is 1.61. The van der Waals surface area contributed by atoms with E-state index in [0.717, 1.165) is 12.2 Å². The molecule has 0 heterocycles. The van der Waals surface area contributed by atoms with E-state index in [1.165, 1.54) is 12.8 Å². The Morgan fingerprint density at radius 2 is 2.05 bits per heavy atom. The lowest BCUT2D eigenvalue weighted by Gasteiger charge is -2.10. The fraction of sp³-hybridized carbons (Fsp3) is 0.429. The standard InChI is InChI=1S/C14H20N4O/c1-2-15-14(18-12-8-9-12)16-10-13(19)17-11-6-4-3-5-7-11/h3-7,12H,2,8-10H2,1H3,(H,17,19)(H2,15,16,18). The zero-order chi connectivity index (χ0) is 13.5. The molecule has 19 heavy (non-hydrogen) atoms. The van der Waals surface area contributed by atoms with E-state index in [1.54, 1.807) is 0 Å². The first kappa shape index (κ1) is 13.4. The maximum Gasteiger partial charge on any atom is 0.246 e. The van der Waals surface area contributed by atoms with Crippen molar-refractivity contribution in [2.24, 2.45) is 4.99 Å². The predicted molar refractivity (Wildman–Crippen MR) is 77.2 cm³/mol. The second kappa shape index (κ2) is 6.78. The molecule has 0 aromatic heterocycles. The Kier molecular flexibility index (Phi) is 4.78. The fourth-order valence-electron chi connectivity index (χ4n) is 1.61. The quantitative estimate of drug-likeness (QED) is 0.553. The Bertz CT molecular complexity index is 440. The van der Waals surface area contributed by atoms with E-state index < -0.39 is 0 Å². The molecule has 102 valence electrons. The molecule has 1 aliphatic carbocycles. The first-order chi connectivity index (χ1) is 9.28. The molecule has 0 atom stereocenters. The van der Waals surface area contributed by atoms with Crippen LogP contribution in [0.1, 0.15) is 19.8 Å². The van der Waals surface area contributed by atoms with Crippen molar-refractivity contribution in [3.63, 3.8) is 0 Å². The van der Waals surface area contributed by atoms with Gasteiger partial charge in [-0.05, 0) is 31.9 Å². The van der Waals surface area contributed by atoms with E-state index >= 15 is 0 Å². The molecule has 0 spiro atoms. The molecule has 1 aromatic rings. The van der Waals surface area contributed by atoms with Crippen LogP contribution in [0.3, 0.4) is 0 Å². The number of amides is 1. The van der Waals surface area contributed by atoms with Crippen LogP contribution in [0.4, 0.5) is 5.69 Å². The molecular formula is C14H20N4O. The Morgan fingerprint density at radius 3 is 2.68 bits per heavy atom. The van der Waals surface area contributed by atoms with Crippen LogP contribution in [-0.2, 0) is 4.79 Å². The molecule has 5 heteroatoms. The van der Waals surface area contributed by atoms with E-state index in [9.17, 15) is 4.79 Å². The molecule has 0 bridgehead atoms. The zero-order valence-electron chi connectivity index (χ0n) is 11.1. The van der Waals surface area contributed by atoms with Gasteiger partial charge >= 0.3 is 0 Å². The van der Waals surface area contributed by atoms with E-state index in [4.69, 9.17) is 0 Å². The van der Waals surface area contributed by atoms with Crippen LogP contribution in [0.25, 0.3) is 0 Å². The first-order valence-corrected chi connectivity index (χ1v) is 6.67. The van der Waals surface area contributed by atoms with Crippen LogP contribution in [0.15, 0.2) is 35.3 Å². The van der Waals surface area contributed by atoms with Crippen LogP contribution in [0, 0.1) is 0 Å². The van der Waals surface area contributed by atoms with Gasteiger partial charge in [-0.25, -0.2) is 4.99 Å². The SMILES string of the molecule is CCNC(=NCC(=O)Nc1ccccc1)NC1CC1. The second-order valence-corrected chi connectivity index (χ2v) is 4.53. The smallest absolute Gasteiger partial charge is 0.246 e. The Morgan fingerprint density at radius 1 is 1.32 bits per heavy atom. The molecule has 1 aromatic carbocycles. The van der Waals surface area contributed by atoms with Gasteiger partial charge in [-0.15, -0.1) is 0 Å². The monoisotopic (exact) mass is 260 g/mol. The summed E-state index contributed by atoms with van der Waals surface area (Å²) in [5.41, 5.74) is 0.794. The number of aliphatic imine (C=N–C) groups is 1. The first-order valence-electron chi connectivity index (χ1n) is 6.67. The lowest BCUT2D eigenvalue weighted by Crippen LogP contribution is -2.39. The van der Waals surface area contributed by atoms with Gasteiger partial charge < -0.3 is 16.0 Å². The molecule has 0 radical (unpaired) electrons. The number of carbonyl (C=O) groups is 1. The van der Waals surface area contributed by atoms with Crippen LogP contribution in [0.5, 0.6) is 0 Å². The van der Waals surface area contributed by atoms with Crippen molar-refractivity contribution in [2.45, 2.75) is 25.8 Å². The Hall–Kier alpha value is -2.04. The molecule has 1 fully saturated rings. The van der Waals surface area contributed by atoms with Crippen molar-refractivity contribution >= 4 is 17.6 Å². The molecule has 5 nitrogen and oxygen atoms in total. The van der Waals surface area contributed by atoms with Crippen LogP contribution in [-0.4, -0.2) is 31.0 Å². The minimum absolute atomic E-state index is 0.112. The second-order valence-electron chi connectivity index (χ2n) is 4.53. The molecule has 0 aliphatic heterocycles. The van der Waals surface area contributed by atoms with Gasteiger partial charge in [-0.1, -0.05) is 18.2 Å². The van der Waals surface area contributed by atoms with Crippen molar-refractivity contribution in [1.82, 2.24) is 10.6 Å². The van der Waals surface area contributed by atoms with Crippen LogP contribution in [0.2, 0.25) is 0 Å². The van der Waals surface area contributed by atoms with Crippen molar-refractivity contribution in [1.29, 1.82) is 0 Å². The minimum atomic E-state index is -0.112. The van der Waals surface area contributed by atoms with Gasteiger partial charge in [0.1, 0.15) is 6.54 Å². The number of para-hydroxylation sites is 1. The number of nitrogens with zero attached hydrogens (tertiary/aromatic N) is 1. The van der Waals surface area contributed by atoms with Gasteiger partial charge in [0.2, 0.25) is 5.91 Å². The van der Waals surface area contributed by atoms with Crippen LogP contribution < -0.4 is 16.0 Å². The number of guanidine groups is 1. The molecule has 1 amide bonds. The lowest BCUT2D eigenvalue weighted by molar-refractivity contribution is -0.114. The summed E-state index contributed by atoms with van der Waals surface area (Å²) in [4.78, 5) is 16.0. The minimum Gasteiger partial charge on any atom is -0.357 e. The highest BCUT2D eigenvalue weighted by Gasteiger charge is 2.22. The van der Waals surface area contributed by atoms with Crippen LogP contribution >= 0.6 is 0 Å². The van der Waals surface area contributed by atoms with E-state index in [-0.39, 0.29) is 12.5 Å².